The maximum Gasteiger partial charge on any atom is 0.257 e. The van der Waals surface area contributed by atoms with Gasteiger partial charge in [-0.25, -0.2) is 13.5 Å². The first-order valence-electron chi connectivity index (χ1n) is 14.7. The zero-order chi connectivity index (χ0) is 31.2. The highest BCUT2D eigenvalue weighted by molar-refractivity contribution is 6.31. The minimum Gasteiger partial charge on any atom is -0.496 e. The zero-order valence-corrected chi connectivity index (χ0v) is 25.9. The van der Waals surface area contributed by atoms with Crippen LogP contribution in [0.25, 0.3) is 22.5 Å². The van der Waals surface area contributed by atoms with Gasteiger partial charge in [0, 0.05) is 48.1 Å². The number of aromatic nitrogens is 5. The largest absolute Gasteiger partial charge is 0.496 e. The average Bonchev–Trinajstić information content (AvgIpc) is 3.66. The van der Waals surface area contributed by atoms with Crippen molar-refractivity contribution >= 4 is 17.5 Å². The molecular weight excluding hydrogens is 590 g/mol. The lowest BCUT2D eigenvalue weighted by Crippen LogP contribution is -2.51. The Morgan fingerprint density at radius 3 is 2.57 bits per heavy atom. The van der Waals surface area contributed by atoms with Gasteiger partial charge in [0.2, 0.25) is 0 Å². The molecule has 9 nitrogen and oxygen atoms in total. The standard InChI is InChI=1S/C32H35ClF2N6O3/c1-31(2,3)41-18-25(29(37-41)23-7-6-21(34)16-26(23)35)30(42)39-12-10-32(11-13-39)17-22(9-14-44-32)40-19-27(36-38-40)24-15-20(33)5-8-28(24)43-4/h5-8,15-16,18-19,22H,9-14,17H2,1-4H3. The summed E-state index contributed by atoms with van der Waals surface area (Å²) in [7, 11) is 1.61. The fourth-order valence-electron chi connectivity index (χ4n) is 6.08. The number of carbonyl (C=O) groups excluding carboxylic acids is 1. The molecule has 2 aliphatic heterocycles. The van der Waals surface area contributed by atoms with E-state index in [1.165, 1.54) is 12.1 Å². The van der Waals surface area contributed by atoms with Crippen LogP contribution in [-0.4, -0.2) is 68.0 Å². The second-order valence-corrected chi connectivity index (χ2v) is 13.0. The molecule has 1 atom stereocenters. The summed E-state index contributed by atoms with van der Waals surface area (Å²) >= 11 is 6.23. The van der Waals surface area contributed by atoms with E-state index in [0.29, 0.717) is 49.0 Å². The van der Waals surface area contributed by atoms with Crippen molar-refractivity contribution in [3.05, 3.63) is 71.0 Å². The zero-order valence-electron chi connectivity index (χ0n) is 25.2. The molecule has 0 bridgehead atoms. The van der Waals surface area contributed by atoms with Crippen molar-refractivity contribution in [1.29, 1.82) is 0 Å². The quantitative estimate of drug-likeness (QED) is 0.251. The lowest BCUT2D eigenvalue weighted by molar-refractivity contribution is -0.122. The Labute approximate surface area is 259 Å². The van der Waals surface area contributed by atoms with Gasteiger partial charge in [-0.3, -0.25) is 9.48 Å². The molecule has 0 aliphatic carbocycles. The number of carbonyl (C=O) groups is 1. The minimum atomic E-state index is -0.762. The molecular formula is C32H35ClF2N6O3. The third-order valence-electron chi connectivity index (χ3n) is 8.57. The van der Waals surface area contributed by atoms with Crippen molar-refractivity contribution in [2.45, 2.75) is 63.6 Å². The number of ether oxygens (including phenoxy) is 2. The summed E-state index contributed by atoms with van der Waals surface area (Å²) in [5.74, 6) is -1.02. The molecule has 0 radical (unpaired) electrons. The summed E-state index contributed by atoms with van der Waals surface area (Å²) in [6.07, 6.45) is 6.39. The van der Waals surface area contributed by atoms with Crippen LogP contribution < -0.4 is 4.74 Å². The van der Waals surface area contributed by atoms with Crippen molar-refractivity contribution < 1.29 is 23.0 Å². The van der Waals surface area contributed by atoms with E-state index in [-0.39, 0.29) is 28.8 Å². The van der Waals surface area contributed by atoms with Crippen molar-refractivity contribution in [2.75, 3.05) is 26.8 Å². The monoisotopic (exact) mass is 624 g/mol. The molecule has 1 spiro atoms. The summed E-state index contributed by atoms with van der Waals surface area (Å²) in [5.41, 5.74) is 1.18. The average molecular weight is 625 g/mol. The van der Waals surface area contributed by atoms with E-state index in [1.807, 2.05) is 43.8 Å². The molecule has 1 amide bonds. The third kappa shape index (κ3) is 5.82. The summed E-state index contributed by atoms with van der Waals surface area (Å²) in [6, 6.07) is 8.78. The molecule has 6 rings (SSSR count). The topological polar surface area (TPSA) is 87.3 Å². The van der Waals surface area contributed by atoms with E-state index in [4.69, 9.17) is 21.1 Å². The van der Waals surface area contributed by atoms with Gasteiger partial charge >= 0.3 is 0 Å². The molecule has 232 valence electrons. The molecule has 4 heterocycles. The molecule has 2 saturated heterocycles. The third-order valence-corrected chi connectivity index (χ3v) is 8.80. The first-order chi connectivity index (χ1) is 21.0. The van der Waals surface area contributed by atoms with Crippen LogP contribution in [0.5, 0.6) is 5.75 Å². The Kier molecular flexibility index (Phi) is 7.96. The molecule has 0 saturated carbocycles. The fourth-order valence-corrected chi connectivity index (χ4v) is 6.25. The van der Waals surface area contributed by atoms with Crippen LogP contribution >= 0.6 is 11.6 Å². The van der Waals surface area contributed by atoms with Gasteiger partial charge in [-0.05, 0) is 76.8 Å². The highest BCUT2D eigenvalue weighted by Gasteiger charge is 2.42. The van der Waals surface area contributed by atoms with Gasteiger partial charge in [0.1, 0.15) is 28.8 Å². The van der Waals surface area contributed by atoms with Crippen molar-refractivity contribution in [3.63, 3.8) is 0 Å². The van der Waals surface area contributed by atoms with Gasteiger partial charge < -0.3 is 14.4 Å². The highest BCUT2D eigenvalue weighted by Crippen LogP contribution is 2.41. The summed E-state index contributed by atoms with van der Waals surface area (Å²) < 4.78 is 43.9. The Bertz CT molecular complexity index is 1690. The lowest BCUT2D eigenvalue weighted by Gasteiger charge is -2.46. The van der Waals surface area contributed by atoms with Gasteiger partial charge in [-0.2, -0.15) is 5.10 Å². The van der Waals surface area contributed by atoms with E-state index in [0.717, 1.165) is 24.5 Å². The smallest absolute Gasteiger partial charge is 0.257 e. The number of amides is 1. The Morgan fingerprint density at radius 2 is 1.86 bits per heavy atom. The maximum atomic E-state index is 14.8. The van der Waals surface area contributed by atoms with E-state index in [9.17, 15) is 13.6 Å². The number of hydrogen-bond acceptors (Lipinski definition) is 6. The van der Waals surface area contributed by atoms with Crippen LogP contribution in [0, 0.1) is 11.6 Å². The SMILES string of the molecule is COc1ccc(Cl)cc1-c1cn(C2CCOC3(CCN(C(=O)c4cn(C(C)(C)C)nc4-c4ccc(F)cc4F)CC3)C2)nn1. The molecule has 44 heavy (non-hydrogen) atoms. The normalized spacial score (nSPS) is 18.5. The molecule has 2 aromatic carbocycles. The van der Waals surface area contributed by atoms with Crippen molar-refractivity contribution in [3.8, 4) is 28.3 Å². The number of piperidine rings is 1. The predicted molar refractivity (Wildman–Crippen MR) is 162 cm³/mol. The van der Waals surface area contributed by atoms with Crippen LogP contribution in [0.1, 0.15) is 62.9 Å². The van der Waals surface area contributed by atoms with E-state index >= 15 is 0 Å². The lowest BCUT2D eigenvalue weighted by atomic mass is 9.82. The number of benzene rings is 2. The number of rotatable bonds is 5. The molecule has 4 aromatic rings. The Hall–Kier alpha value is -3.83. The van der Waals surface area contributed by atoms with Crippen LogP contribution in [0.4, 0.5) is 8.78 Å². The van der Waals surface area contributed by atoms with Crippen molar-refractivity contribution in [1.82, 2.24) is 29.7 Å². The van der Waals surface area contributed by atoms with Crippen molar-refractivity contribution in [2.24, 2.45) is 0 Å². The molecule has 1 unspecified atom stereocenters. The first-order valence-corrected chi connectivity index (χ1v) is 15.1. The molecule has 0 N–H and O–H groups in total. The first kappa shape index (κ1) is 30.2. The summed E-state index contributed by atoms with van der Waals surface area (Å²) in [5, 5.41) is 14.0. The maximum absolute atomic E-state index is 14.8. The second kappa shape index (κ2) is 11.6. The van der Waals surface area contributed by atoms with Crippen LogP contribution in [0.3, 0.4) is 0 Å². The van der Waals surface area contributed by atoms with E-state index in [1.54, 1.807) is 29.0 Å². The minimum absolute atomic E-state index is 0.0792. The van der Waals surface area contributed by atoms with Gasteiger partial charge in [0.25, 0.3) is 5.91 Å². The van der Waals surface area contributed by atoms with Gasteiger partial charge in [0.15, 0.2) is 0 Å². The van der Waals surface area contributed by atoms with Crippen LogP contribution in [0.15, 0.2) is 48.8 Å². The van der Waals surface area contributed by atoms with E-state index in [2.05, 4.69) is 15.4 Å². The summed E-state index contributed by atoms with van der Waals surface area (Å²) in [6.45, 7) is 7.36. The van der Waals surface area contributed by atoms with Crippen LogP contribution in [0.2, 0.25) is 5.02 Å². The second-order valence-electron chi connectivity index (χ2n) is 12.5. The van der Waals surface area contributed by atoms with Gasteiger partial charge in [-0.1, -0.05) is 16.8 Å². The molecule has 2 fully saturated rings. The highest BCUT2D eigenvalue weighted by atomic mass is 35.5. The number of halogens is 3. The molecule has 12 heteroatoms. The predicted octanol–water partition coefficient (Wildman–Crippen LogP) is 6.53. The Balaban J connectivity index is 1.19. The number of nitrogens with zero attached hydrogens (tertiary/aromatic N) is 6. The van der Waals surface area contributed by atoms with Gasteiger partial charge in [-0.15, -0.1) is 5.10 Å². The number of likely N-dealkylation sites (tertiary alicyclic amines) is 1. The number of hydrogen-bond donors (Lipinski definition) is 0. The molecule has 2 aliphatic rings. The van der Waals surface area contributed by atoms with Gasteiger partial charge in [0.05, 0.1) is 36.1 Å². The van der Waals surface area contributed by atoms with E-state index < -0.39 is 22.8 Å². The number of methoxy groups -OCH3 is 1. The fraction of sp³-hybridized carbons (Fsp3) is 0.438. The Morgan fingerprint density at radius 1 is 1.09 bits per heavy atom. The summed E-state index contributed by atoms with van der Waals surface area (Å²) in [4.78, 5) is 15.6. The van der Waals surface area contributed by atoms with Crippen LogP contribution in [-0.2, 0) is 10.3 Å². The molecule has 2 aromatic heterocycles.